The van der Waals surface area contributed by atoms with Gasteiger partial charge in [0.15, 0.2) is 5.96 Å². The van der Waals surface area contributed by atoms with Crippen LogP contribution in [0, 0.1) is 5.92 Å². The van der Waals surface area contributed by atoms with Crippen LogP contribution in [-0.2, 0) is 0 Å². The van der Waals surface area contributed by atoms with Crippen molar-refractivity contribution in [2.75, 3.05) is 65.4 Å². The molecule has 2 heterocycles. The summed E-state index contributed by atoms with van der Waals surface area (Å²) in [6.07, 6.45) is 6.24. The number of rotatable bonds is 9. The minimum atomic E-state index is 0.373. The smallest absolute Gasteiger partial charge is 0.191 e. The second-order valence-electron chi connectivity index (χ2n) is 8.90. The molecule has 1 aromatic carbocycles. The van der Waals surface area contributed by atoms with Crippen LogP contribution < -0.4 is 25.0 Å². The zero-order chi connectivity index (χ0) is 22.1. The van der Waals surface area contributed by atoms with Gasteiger partial charge in [-0.3, -0.25) is 4.99 Å². The largest absolute Gasteiger partial charge is 0.497 e. The Bertz CT molecular complexity index is 689. The molecule has 2 aliphatic rings. The predicted octanol–water partition coefficient (Wildman–Crippen LogP) is 2.96. The van der Waals surface area contributed by atoms with E-state index in [4.69, 9.17) is 9.47 Å². The first kappa shape index (κ1) is 23.5. The molecule has 2 atom stereocenters. The molecule has 0 aliphatic carbocycles. The van der Waals surface area contributed by atoms with Crippen LogP contribution in [0.5, 0.6) is 11.5 Å². The minimum Gasteiger partial charge on any atom is -0.497 e. The van der Waals surface area contributed by atoms with Gasteiger partial charge in [0.25, 0.3) is 0 Å². The Hall–Kier alpha value is -2.15. The fraction of sp³-hybridized carbons (Fsp3) is 0.708. The molecule has 2 N–H and O–H groups in total. The number of hydrogen-bond acceptors (Lipinski definition) is 5. The quantitative estimate of drug-likeness (QED) is 0.356. The number of piperidine rings is 1. The molecule has 31 heavy (non-hydrogen) atoms. The maximum absolute atomic E-state index is 5.42. The maximum Gasteiger partial charge on any atom is 0.191 e. The fourth-order valence-electron chi connectivity index (χ4n) is 4.63. The zero-order valence-electron chi connectivity index (χ0n) is 19.8. The SMILES string of the molecule is CN=C(NCCCCN1CCCC(C)C1)NC1CCN(c2cc(OC)cc(OC)c2)C1. The number of benzene rings is 1. The molecule has 2 aliphatic heterocycles. The summed E-state index contributed by atoms with van der Waals surface area (Å²) in [5.41, 5.74) is 1.13. The molecule has 1 aromatic rings. The van der Waals surface area contributed by atoms with Crippen molar-refractivity contribution in [3.8, 4) is 11.5 Å². The van der Waals surface area contributed by atoms with Gasteiger partial charge in [0.2, 0.25) is 0 Å². The molecule has 0 aromatic heterocycles. The van der Waals surface area contributed by atoms with Gasteiger partial charge >= 0.3 is 0 Å². The number of guanidine groups is 1. The Kier molecular flexibility index (Phi) is 9.13. The van der Waals surface area contributed by atoms with Crippen molar-refractivity contribution in [3.63, 3.8) is 0 Å². The van der Waals surface area contributed by atoms with Gasteiger partial charge < -0.3 is 29.9 Å². The van der Waals surface area contributed by atoms with Crippen molar-refractivity contribution >= 4 is 11.6 Å². The number of unbranched alkanes of at least 4 members (excludes halogenated alkanes) is 1. The number of aliphatic imine (C=N–C) groups is 1. The van der Waals surface area contributed by atoms with E-state index in [1.165, 1.54) is 45.3 Å². The molecule has 7 nitrogen and oxygen atoms in total. The molecule has 0 radical (unpaired) electrons. The van der Waals surface area contributed by atoms with Gasteiger partial charge in [0.05, 0.1) is 14.2 Å². The summed E-state index contributed by atoms with van der Waals surface area (Å²) in [4.78, 5) is 9.42. The summed E-state index contributed by atoms with van der Waals surface area (Å²) in [6.45, 7) is 9.04. The molecule has 2 fully saturated rings. The molecule has 2 saturated heterocycles. The number of likely N-dealkylation sites (tertiary alicyclic amines) is 1. The van der Waals surface area contributed by atoms with Gasteiger partial charge in [-0.15, -0.1) is 0 Å². The number of anilines is 1. The summed E-state index contributed by atoms with van der Waals surface area (Å²) in [5, 5.41) is 7.09. The Morgan fingerprint density at radius 3 is 2.52 bits per heavy atom. The lowest BCUT2D eigenvalue weighted by Gasteiger charge is -2.30. The van der Waals surface area contributed by atoms with Crippen LogP contribution in [0.4, 0.5) is 5.69 Å². The standard InChI is InChI=1S/C24H41N5O2/c1-19-8-7-12-28(17-19)11-6-5-10-26-24(25-2)27-20-9-13-29(18-20)21-14-22(30-3)16-23(15-21)31-4/h14-16,19-20H,5-13,17-18H2,1-4H3,(H2,25,26,27). The Labute approximate surface area is 188 Å². The molecule has 0 spiro atoms. The number of nitrogens with zero attached hydrogens (tertiary/aromatic N) is 3. The highest BCUT2D eigenvalue weighted by atomic mass is 16.5. The van der Waals surface area contributed by atoms with E-state index in [1.807, 2.05) is 13.1 Å². The topological polar surface area (TPSA) is 61.4 Å². The zero-order valence-corrected chi connectivity index (χ0v) is 19.8. The average Bonchev–Trinajstić information content (AvgIpc) is 3.26. The highest BCUT2D eigenvalue weighted by Crippen LogP contribution is 2.30. The molecular weight excluding hydrogens is 390 g/mol. The summed E-state index contributed by atoms with van der Waals surface area (Å²) < 4.78 is 10.8. The Balaban J connectivity index is 1.38. The maximum atomic E-state index is 5.42. The second kappa shape index (κ2) is 12.0. The fourth-order valence-corrected chi connectivity index (χ4v) is 4.63. The van der Waals surface area contributed by atoms with Gasteiger partial charge in [0, 0.05) is 63.2 Å². The molecule has 3 rings (SSSR count). The van der Waals surface area contributed by atoms with Crippen LogP contribution in [0.3, 0.4) is 0 Å². The second-order valence-corrected chi connectivity index (χ2v) is 8.90. The molecule has 0 saturated carbocycles. The third-order valence-electron chi connectivity index (χ3n) is 6.39. The first-order valence-electron chi connectivity index (χ1n) is 11.8. The average molecular weight is 432 g/mol. The van der Waals surface area contributed by atoms with E-state index in [0.717, 1.165) is 55.1 Å². The van der Waals surface area contributed by atoms with E-state index in [0.29, 0.717) is 6.04 Å². The first-order valence-corrected chi connectivity index (χ1v) is 11.8. The number of ether oxygens (including phenoxy) is 2. The van der Waals surface area contributed by atoms with Crippen LogP contribution in [0.15, 0.2) is 23.2 Å². The van der Waals surface area contributed by atoms with E-state index in [-0.39, 0.29) is 0 Å². The van der Waals surface area contributed by atoms with Crippen LogP contribution >= 0.6 is 0 Å². The van der Waals surface area contributed by atoms with Crippen LogP contribution in [-0.4, -0.2) is 77.4 Å². The van der Waals surface area contributed by atoms with E-state index >= 15 is 0 Å². The van der Waals surface area contributed by atoms with Crippen molar-refractivity contribution in [2.45, 2.75) is 45.1 Å². The highest BCUT2D eigenvalue weighted by molar-refractivity contribution is 5.80. The van der Waals surface area contributed by atoms with Crippen molar-refractivity contribution < 1.29 is 9.47 Å². The molecule has 0 amide bonds. The molecular formula is C24H41N5O2. The number of methoxy groups -OCH3 is 2. The van der Waals surface area contributed by atoms with Crippen molar-refractivity contribution in [1.29, 1.82) is 0 Å². The van der Waals surface area contributed by atoms with Gasteiger partial charge in [-0.25, -0.2) is 0 Å². The Morgan fingerprint density at radius 2 is 1.84 bits per heavy atom. The Morgan fingerprint density at radius 1 is 1.06 bits per heavy atom. The highest BCUT2D eigenvalue weighted by Gasteiger charge is 2.24. The van der Waals surface area contributed by atoms with E-state index in [1.54, 1.807) is 14.2 Å². The summed E-state index contributed by atoms with van der Waals surface area (Å²) >= 11 is 0. The molecule has 2 unspecified atom stereocenters. The van der Waals surface area contributed by atoms with Gasteiger partial charge in [-0.2, -0.15) is 0 Å². The lowest BCUT2D eigenvalue weighted by Crippen LogP contribution is -2.45. The van der Waals surface area contributed by atoms with Crippen molar-refractivity contribution in [3.05, 3.63) is 18.2 Å². The van der Waals surface area contributed by atoms with Crippen molar-refractivity contribution in [1.82, 2.24) is 15.5 Å². The number of hydrogen-bond donors (Lipinski definition) is 2. The summed E-state index contributed by atoms with van der Waals surface area (Å²) in [7, 11) is 5.23. The third kappa shape index (κ3) is 7.20. The van der Waals surface area contributed by atoms with E-state index in [2.05, 4.69) is 44.5 Å². The lowest BCUT2D eigenvalue weighted by molar-refractivity contribution is 0.181. The minimum absolute atomic E-state index is 0.373. The van der Waals surface area contributed by atoms with E-state index < -0.39 is 0 Å². The molecule has 7 heteroatoms. The normalized spacial score (nSPS) is 22.5. The predicted molar refractivity (Wildman–Crippen MR) is 129 cm³/mol. The number of nitrogens with one attached hydrogen (secondary N) is 2. The van der Waals surface area contributed by atoms with Crippen molar-refractivity contribution in [2.24, 2.45) is 10.9 Å². The summed E-state index contributed by atoms with van der Waals surface area (Å²) in [6, 6.07) is 6.42. The monoisotopic (exact) mass is 431 g/mol. The third-order valence-corrected chi connectivity index (χ3v) is 6.39. The van der Waals surface area contributed by atoms with E-state index in [9.17, 15) is 0 Å². The van der Waals surface area contributed by atoms with Gasteiger partial charge in [0.1, 0.15) is 11.5 Å². The molecule has 174 valence electrons. The van der Waals surface area contributed by atoms with Gasteiger partial charge in [-0.05, 0) is 51.1 Å². The lowest BCUT2D eigenvalue weighted by atomic mass is 10.0. The van der Waals surface area contributed by atoms with Crippen LogP contribution in [0.25, 0.3) is 0 Å². The molecule has 0 bridgehead atoms. The first-order chi connectivity index (χ1) is 15.1. The summed E-state index contributed by atoms with van der Waals surface area (Å²) in [5.74, 6) is 3.41. The van der Waals surface area contributed by atoms with Gasteiger partial charge in [-0.1, -0.05) is 6.92 Å². The van der Waals surface area contributed by atoms with Crippen LogP contribution in [0.2, 0.25) is 0 Å². The van der Waals surface area contributed by atoms with Crippen LogP contribution in [0.1, 0.15) is 39.0 Å².